The minimum atomic E-state index is -4.26. The number of hydrogen-bond donors (Lipinski definition) is 0. The van der Waals surface area contributed by atoms with Crippen molar-refractivity contribution < 1.29 is 21.6 Å². The molecule has 2 rings (SSSR count). The van der Waals surface area contributed by atoms with E-state index in [-0.39, 0.29) is 23.0 Å². The summed E-state index contributed by atoms with van der Waals surface area (Å²) >= 11 is 5.93. The van der Waals surface area contributed by atoms with Crippen LogP contribution in [0.25, 0.3) is 0 Å². The molecule has 8 heteroatoms. The summed E-state index contributed by atoms with van der Waals surface area (Å²) in [6, 6.07) is 6.13. The van der Waals surface area contributed by atoms with E-state index in [9.17, 15) is 21.6 Å². The second kappa shape index (κ2) is 6.37. The molecule has 0 aliphatic carbocycles. The average molecular weight is 356 g/mol. The largest absolute Gasteiger partial charge is 0.392 e. The molecule has 0 bridgehead atoms. The third kappa shape index (κ3) is 3.75. The molecule has 0 radical (unpaired) electrons. The molecule has 0 amide bonds. The Morgan fingerprint density at radius 1 is 1.36 bits per heavy atom. The highest BCUT2D eigenvalue weighted by molar-refractivity contribution is 7.92. The van der Waals surface area contributed by atoms with Crippen molar-refractivity contribution >= 4 is 21.4 Å². The number of sulfone groups is 1. The molecule has 0 aromatic heterocycles. The molecule has 1 heterocycles. The highest BCUT2D eigenvalue weighted by Gasteiger charge is 2.40. The lowest BCUT2D eigenvalue weighted by Crippen LogP contribution is -2.35. The van der Waals surface area contributed by atoms with Crippen LogP contribution < -0.4 is 0 Å². The third-order valence-corrected chi connectivity index (χ3v) is 6.58. The normalized spacial score (nSPS) is 22.0. The maximum atomic E-state index is 12.6. The second-order valence-corrected chi connectivity index (χ2v) is 8.19. The molecular weight excluding hydrogens is 339 g/mol. The van der Waals surface area contributed by atoms with E-state index < -0.39 is 27.2 Å². The summed E-state index contributed by atoms with van der Waals surface area (Å²) in [6.45, 7) is 1.37. The van der Waals surface area contributed by atoms with Crippen LogP contribution in [0, 0.1) is 5.92 Å². The van der Waals surface area contributed by atoms with Gasteiger partial charge in [0.2, 0.25) is 0 Å². The van der Waals surface area contributed by atoms with Crippen molar-refractivity contribution in [1.82, 2.24) is 4.90 Å². The van der Waals surface area contributed by atoms with E-state index in [2.05, 4.69) is 0 Å². The van der Waals surface area contributed by atoms with Crippen molar-refractivity contribution in [2.45, 2.75) is 29.7 Å². The fourth-order valence-corrected chi connectivity index (χ4v) is 4.81. The molecule has 1 aliphatic heterocycles. The van der Waals surface area contributed by atoms with E-state index in [1.165, 1.54) is 12.1 Å². The summed E-state index contributed by atoms with van der Waals surface area (Å²) in [6.07, 6.45) is -3.95. The molecule has 0 N–H and O–H groups in total. The van der Waals surface area contributed by atoms with Gasteiger partial charge in [-0.1, -0.05) is 30.7 Å². The van der Waals surface area contributed by atoms with Gasteiger partial charge in [0.15, 0.2) is 9.84 Å². The highest BCUT2D eigenvalue weighted by atomic mass is 35.5. The molecule has 1 aromatic carbocycles. The molecule has 2 atom stereocenters. The number of nitrogens with zero attached hydrogens (tertiary/aromatic N) is 1. The lowest BCUT2D eigenvalue weighted by Gasteiger charge is -2.22. The van der Waals surface area contributed by atoms with E-state index >= 15 is 0 Å². The van der Waals surface area contributed by atoms with Crippen molar-refractivity contribution in [3.8, 4) is 0 Å². The number of hydrogen-bond acceptors (Lipinski definition) is 3. The van der Waals surface area contributed by atoms with Crippen LogP contribution in [0.5, 0.6) is 0 Å². The van der Waals surface area contributed by atoms with Crippen LogP contribution in [0.3, 0.4) is 0 Å². The third-order valence-electron chi connectivity index (χ3n) is 3.90. The second-order valence-electron chi connectivity index (χ2n) is 5.59. The average Bonchev–Trinajstić information content (AvgIpc) is 2.87. The first kappa shape index (κ1) is 17.6. The summed E-state index contributed by atoms with van der Waals surface area (Å²) in [4.78, 5) is 1.60. The summed E-state index contributed by atoms with van der Waals surface area (Å²) < 4.78 is 62.9. The van der Waals surface area contributed by atoms with Crippen molar-refractivity contribution in [3.05, 3.63) is 29.3 Å². The highest BCUT2D eigenvalue weighted by Crippen LogP contribution is 2.31. The van der Waals surface area contributed by atoms with Gasteiger partial charge in [-0.2, -0.15) is 13.2 Å². The van der Waals surface area contributed by atoms with Crippen LogP contribution in [-0.2, 0) is 9.84 Å². The standard InChI is InChI=1S/C14H17ClF3NO2S/c1-10(14(16,17)18)8-19-7-6-11(9-19)22(20,21)13-5-3-2-4-12(13)15/h2-5,10-11H,6-9H2,1H3/t10-,11+/m0/s1. The van der Waals surface area contributed by atoms with E-state index in [1.807, 2.05) is 0 Å². The Morgan fingerprint density at radius 2 is 2.00 bits per heavy atom. The zero-order valence-electron chi connectivity index (χ0n) is 12.0. The van der Waals surface area contributed by atoms with Gasteiger partial charge in [0.25, 0.3) is 0 Å². The predicted octanol–water partition coefficient (Wildman–Crippen LogP) is 3.39. The Balaban J connectivity index is 2.09. The SMILES string of the molecule is C[C@@H](CN1CC[C@@H](S(=O)(=O)c2ccccc2Cl)C1)C(F)(F)F. The maximum Gasteiger partial charge on any atom is 0.392 e. The van der Waals surface area contributed by atoms with E-state index in [1.54, 1.807) is 17.0 Å². The van der Waals surface area contributed by atoms with Gasteiger partial charge in [-0.05, 0) is 25.1 Å². The molecule has 1 fully saturated rings. The van der Waals surface area contributed by atoms with E-state index in [0.29, 0.717) is 13.0 Å². The fraction of sp³-hybridized carbons (Fsp3) is 0.571. The molecular formula is C14H17ClF3NO2S. The van der Waals surface area contributed by atoms with Crippen molar-refractivity contribution in [2.24, 2.45) is 5.92 Å². The van der Waals surface area contributed by atoms with Crippen LogP contribution in [-0.4, -0.2) is 44.4 Å². The topological polar surface area (TPSA) is 37.4 Å². The molecule has 0 saturated carbocycles. The van der Waals surface area contributed by atoms with Gasteiger partial charge in [0.1, 0.15) is 0 Å². The molecule has 1 aromatic rings. The fourth-order valence-electron chi connectivity index (χ4n) is 2.56. The molecule has 0 spiro atoms. The summed E-state index contributed by atoms with van der Waals surface area (Å²) in [5.41, 5.74) is 0. The molecule has 0 unspecified atom stereocenters. The van der Waals surface area contributed by atoms with Crippen LogP contribution in [0.15, 0.2) is 29.2 Å². The number of benzene rings is 1. The van der Waals surface area contributed by atoms with Crippen LogP contribution in [0.2, 0.25) is 5.02 Å². The van der Waals surface area contributed by atoms with Crippen molar-refractivity contribution in [1.29, 1.82) is 0 Å². The number of rotatable bonds is 4. The molecule has 1 aliphatic rings. The van der Waals surface area contributed by atoms with Crippen molar-refractivity contribution in [2.75, 3.05) is 19.6 Å². The lowest BCUT2D eigenvalue weighted by molar-refractivity contribution is -0.173. The van der Waals surface area contributed by atoms with Gasteiger partial charge < -0.3 is 4.90 Å². The summed E-state index contributed by atoms with van der Waals surface area (Å²) in [7, 11) is -3.63. The smallest absolute Gasteiger partial charge is 0.301 e. The summed E-state index contributed by atoms with van der Waals surface area (Å²) in [5, 5.41) is -0.572. The Bertz CT molecular complexity index is 633. The van der Waals surface area contributed by atoms with Crippen molar-refractivity contribution in [3.63, 3.8) is 0 Å². The molecule has 22 heavy (non-hydrogen) atoms. The zero-order valence-corrected chi connectivity index (χ0v) is 13.5. The van der Waals surface area contributed by atoms with E-state index in [4.69, 9.17) is 11.6 Å². The first-order valence-corrected chi connectivity index (χ1v) is 8.82. The predicted molar refractivity (Wildman–Crippen MR) is 78.7 cm³/mol. The monoisotopic (exact) mass is 355 g/mol. The first-order chi connectivity index (χ1) is 10.1. The molecule has 124 valence electrons. The first-order valence-electron chi connectivity index (χ1n) is 6.90. The van der Waals surface area contributed by atoms with E-state index in [0.717, 1.165) is 6.92 Å². The van der Waals surface area contributed by atoms with Gasteiger partial charge in [0, 0.05) is 13.1 Å². The van der Waals surface area contributed by atoms with Gasteiger partial charge in [-0.15, -0.1) is 0 Å². The summed E-state index contributed by atoms with van der Waals surface area (Å²) in [5.74, 6) is -1.48. The zero-order chi connectivity index (χ0) is 16.5. The van der Waals surface area contributed by atoms with Gasteiger partial charge in [-0.3, -0.25) is 0 Å². The Labute approximate surface area is 133 Å². The van der Waals surface area contributed by atoms with Crippen LogP contribution in [0.4, 0.5) is 13.2 Å². The molecule has 3 nitrogen and oxygen atoms in total. The van der Waals surface area contributed by atoms with Gasteiger partial charge >= 0.3 is 6.18 Å². The Hall–Kier alpha value is -0.790. The van der Waals surface area contributed by atoms with Gasteiger partial charge in [-0.25, -0.2) is 8.42 Å². The Morgan fingerprint density at radius 3 is 2.59 bits per heavy atom. The number of likely N-dealkylation sites (tertiary alicyclic amines) is 1. The number of halogens is 4. The molecule has 1 saturated heterocycles. The minimum absolute atomic E-state index is 0.0485. The quantitative estimate of drug-likeness (QED) is 0.830. The maximum absolute atomic E-state index is 12.6. The number of alkyl halides is 3. The Kier molecular flexibility index (Phi) is 5.09. The van der Waals surface area contributed by atoms with Gasteiger partial charge in [0.05, 0.1) is 21.1 Å². The minimum Gasteiger partial charge on any atom is -0.301 e. The van der Waals surface area contributed by atoms with Crippen LogP contribution >= 0.6 is 11.6 Å². The lowest BCUT2D eigenvalue weighted by atomic mass is 10.1. The van der Waals surface area contributed by atoms with Crippen LogP contribution in [0.1, 0.15) is 13.3 Å².